The van der Waals surface area contributed by atoms with Crippen LogP contribution in [0.2, 0.25) is 0 Å². The molecule has 2 aromatic heterocycles. The average molecular weight is 359 g/mol. The van der Waals surface area contributed by atoms with E-state index >= 15 is 0 Å². The van der Waals surface area contributed by atoms with Crippen molar-refractivity contribution in [3.63, 3.8) is 0 Å². The van der Waals surface area contributed by atoms with E-state index in [1.807, 2.05) is 29.7 Å². The van der Waals surface area contributed by atoms with Gasteiger partial charge in [0.05, 0.1) is 24.4 Å². The highest BCUT2D eigenvalue weighted by molar-refractivity contribution is 5.73. The van der Waals surface area contributed by atoms with E-state index in [0.717, 1.165) is 49.5 Å². The number of nitrogen functional groups attached to an aromatic ring is 1. The molecule has 7 nitrogen and oxygen atoms in total. The first-order valence-corrected chi connectivity index (χ1v) is 9.27. The maximum Gasteiger partial charge on any atom is 0.311 e. The van der Waals surface area contributed by atoms with Crippen LogP contribution in [0.25, 0.3) is 5.65 Å². The van der Waals surface area contributed by atoms with Crippen molar-refractivity contribution in [2.24, 2.45) is 0 Å². The quantitative estimate of drug-likeness (QED) is 0.789. The highest BCUT2D eigenvalue weighted by Crippen LogP contribution is 2.21. The van der Waals surface area contributed by atoms with Crippen LogP contribution in [-0.4, -0.2) is 65.0 Å². The van der Waals surface area contributed by atoms with Gasteiger partial charge in [-0.3, -0.25) is 9.69 Å². The van der Waals surface area contributed by atoms with Gasteiger partial charge in [-0.05, 0) is 59.1 Å². The van der Waals surface area contributed by atoms with E-state index in [0.29, 0.717) is 18.3 Å². The fourth-order valence-corrected chi connectivity index (χ4v) is 3.62. The highest BCUT2D eigenvalue weighted by Gasteiger charge is 2.23. The number of pyridine rings is 1. The molecule has 1 aliphatic heterocycles. The van der Waals surface area contributed by atoms with Gasteiger partial charge >= 0.3 is 5.97 Å². The van der Waals surface area contributed by atoms with Gasteiger partial charge in [-0.15, -0.1) is 0 Å². The van der Waals surface area contributed by atoms with Gasteiger partial charge in [0.2, 0.25) is 0 Å². The number of hydrogen-bond acceptors (Lipinski definition) is 6. The molecule has 0 amide bonds. The van der Waals surface area contributed by atoms with Crippen molar-refractivity contribution in [3.05, 3.63) is 29.7 Å². The normalized spacial score (nSPS) is 16.5. The first-order valence-electron chi connectivity index (χ1n) is 9.27. The van der Waals surface area contributed by atoms with E-state index in [2.05, 4.69) is 28.9 Å². The molecule has 1 aliphatic rings. The first kappa shape index (κ1) is 18.7. The Morgan fingerprint density at radius 3 is 2.81 bits per heavy atom. The fraction of sp³-hybridized carbons (Fsp3) is 0.579. The topological polar surface area (TPSA) is 76.1 Å². The molecule has 1 fully saturated rings. The number of nitrogens with zero attached hydrogens (tertiary/aromatic N) is 4. The summed E-state index contributed by atoms with van der Waals surface area (Å²) >= 11 is 0. The van der Waals surface area contributed by atoms with Crippen LogP contribution >= 0.6 is 0 Å². The van der Waals surface area contributed by atoms with E-state index < -0.39 is 0 Å². The van der Waals surface area contributed by atoms with Crippen LogP contribution in [0.3, 0.4) is 0 Å². The standard InChI is InChI=1S/C19H29N5O2/c1-4-26-19(25)11-16-17(24-12-14(20)5-6-18(24)21-16)13-23(3)15-7-9-22(2)10-8-15/h5-6,12,15H,4,7-11,13,20H2,1-3H3. The van der Waals surface area contributed by atoms with E-state index in [1.165, 1.54) is 0 Å². The predicted molar refractivity (Wildman–Crippen MR) is 102 cm³/mol. The fourth-order valence-electron chi connectivity index (χ4n) is 3.62. The first-order chi connectivity index (χ1) is 12.5. The number of likely N-dealkylation sites (tertiary alicyclic amines) is 1. The summed E-state index contributed by atoms with van der Waals surface area (Å²) < 4.78 is 7.13. The lowest BCUT2D eigenvalue weighted by molar-refractivity contribution is -0.142. The molecule has 26 heavy (non-hydrogen) atoms. The summed E-state index contributed by atoms with van der Waals surface area (Å²) in [4.78, 5) is 21.4. The van der Waals surface area contributed by atoms with Crippen molar-refractivity contribution in [1.82, 2.24) is 19.2 Å². The number of fused-ring (bicyclic) bond motifs is 1. The maximum absolute atomic E-state index is 12.0. The number of carbonyl (C=O) groups is 1. The molecule has 3 heterocycles. The Labute approximate surface area is 154 Å². The Morgan fingerprint density at radius 2 is 2.12 bits per heavy atom. The Morgan fingerprint density at radius 1 is 1.38 bits per heavy atom. The summed E-state index contributed by atoms with van der Waals surface area (Å²) in [7, 11) is 4.32. The third kappa shape index (κ3) is 4.16. The van der Waals surface area contributed by atoms with Gasteiger partial charge in [-0.1, -0.05) is 0 Å². The molecule has 2 aromatic rings. The third-order valence-corrected chi connectivity index (χ3v) is 5.15. The van der Waals surface area contributed by atoms with Crippen LogP contribution in [-0.2, 0) is 22.5 Å². The van der Waals surface area contributed by atoms with Gasteiger partial charge in [0.25, 0.3) is 0 Å². The SMILES string of the molecule is CCOC(=O)Cc1nc2ccc(N)cn2c1CN(C)C1CCN(C)CC1. The van der Waals surface area contributed by atoms with E-state index in [1.54, 1.807) is 0 Å². The second-order valence-electron chi connectivity index (χ2n) is 7.13. The zero-order valence-corrected chi connectivity index (χ0v) is 15.9. The lowest BCUT2D eigenvalue weighted by atomic mass is 10.0. The maximum atomic E-state index is 12.0. The molecule has 0 atom stereocenters. The lowest BCUT2D eigenvalue weighted by Crippen LogP contribution is -2.41. The van der Waals surface area contributed by atoms with Gasteiger partial charge < -0.3 is 19.8 Å². The van der Waals surface area contributed by atoms with Crippen molar-refractivity contribution in [2.75, 3.05) is 39.5 Å². The van der Waals surface area contributed by atoms with Crippen molar-refractivity contribution in [1.29, 1.82) is 0 Å². The molecule has 142 valence electrons. The van der Waals surface area contributed by atoms with Crippen LogP contribution in [0.4, 0.5) is 5.69 Å². The van der Waals surface area contributed by atoms with Gasteiger partial charge in [0.15, 0.2) is 0 Å². The van der Waals surface area contributed by atoms with Crippen LogP contribution < -0.4 is 5.73 Å². The minimum Gasteiger partial charge on any atom is -0.466 e. The van der Waals surface area contributed by atoms with Gasteiger partial charge in [-0.25, -0.2) is 4.98 Å². The monoisotopic (exact) mass is 359 g/mol. The number of carbonyl (C=O) groups excluding carboxylic acids is 1. The Kier molecular flexibility index (Phi) is 5.78. The Balaban J connectivity index is 1.86. The van der Waals surface area contributed by atoms with Crippen molar-refractivity contribution in [3.8, 4) is 0 Å². The average Bonchev–Trinajstić information content (AvgIpc) is 2.92. The molecular weight excluding hydrogens is 330 g/mol. The Bertz CT molecular complexity index is 765. The predicted octanol–water partition coefficient (Wildman–Crippen LogP) is 1.55. The van der Waals surface area contributed by atoms with Crippen LogP contribution in [0.5, 0.6) is 0 Å². The van der Waals surface area contributed by atoms with E-state index in [9.17, 15) is 4.79 Å². The van der Waals surface area contributed by atoms with Crippen molar-refractivity contribution in [2.45, 2.75) is 38.8 Å². The molecule has 2 N–H and O–H groups in total. The summed E-state index contributed by atoms with van der Waals surface area (Å²) in [6, 6.07) is 4.26. The summed E-state index contributed by atoms with van der Waals surface area (Å²) in [5, 5.41) is 0. The van der Waals surface area contributed by atoms with Gasteiger partial charge in [0, 0.05) is 24.5 Å². The molecule has 3 rings (SSSR count). The number of hydrogen-bond donors (Lipinski definition) is 1. The number of piperidine rings is 1. The smallest absolute Gasteiger partial charge is 0.311 e. The number of imidazole rings is 1. The molecule has 0 radical (unpaired) electrons. The van der Waals surface area contributed by atoms with E-state index in [-0.39, 0.29) is 12.4 Å². The summed E-state index contributed by atoms with van der Waals surface area (Å²) in [5.41, 5.74) is 9.26. The van der Waals surface area contributed by atoms with Crippen LogP contribution in [0.15, 0.2) is 18.3 Å². The zero-order valence-electron chi connectivity index (χ0n) is 15.9. The number of ether oxygens (including phenoxy) is 1. The largest absolute Gasteiger partial charge is 0.466 e. The molecule has 0 unspecified atom stereocenters. The molecule has 0 aliphatic carbocycles. The number of aromatic nitrogens is 2. The van der Waals surface area contributed by atoms with E-state index in [4.69, 9.17) is 10.5 Å². The second-order valence-corrected chi connectivity index (χ2v) is 7.13. The zero-order chi connectivity index (χ0) is 18.7. The van der Waals surface area contributed by atoms with Gasteiger partial charge in [-0.2, -0.15) is 0 Å². The molecule has 0 bridgehead atoms. The number of esters is 1. The molecule has 0 aromatic carbocycles. The van der Waals surface area contributed by atoms with Crippen LogP contribution in [0.1, 0.15) is 31.2 Å². The second kappa shape index (κ2) is 8.05. The third-order valence-electron chi connectivity index (χ3n) is 5.15. The van der Waals surface area contributed by atoms with Crippen molar-refractivity contribution < 1.29 is 9.53 Å². The molecule has 0 spiro atoms. The molecule has 7 heteroatoms. The van der Waals surface area contributed by atoms with Crippen molar-refractivity contribution >= 4 is 17.3 Å². The highest BCUT2D eigenvalue weighted by atomic mass is 16.5. The number of nitrogens with two attached hydrogens (primary N) is 1. The number of rotatable bonds is 6. The summed E-state index contributed by atoms with van der Waals surface area (Å²) in [5.74, 6) is -0.243. The lowest BCUT2D eigenvalue weighted by Gasteiger charge is -2.35. The van der Waals surface area contributed by atoms with Gasteiger partial charge in [0.1, 0.15) is 5.65 Å². The Hall–Kier alpha value is -2.12. The minimum atomic E-state index is -0.243. The molecule has 1 saturated heterocycles. The van der Waals surface area contributed by atoms with Crippen LogP contribution in [0, 0.1) is 0 Å². The number of anilines is 1. The summed E-state index contributed by atoms with van der Waals surface area (Å²) in [6.45, 7) is 5.16. The minimum absolute atomic E-state index is 0.187. The molecule has 0 saturated carbocycles. The summed E-state index contributed by atoms with van der Waals surface area (Å²) in [6.07, 6.45) is 4.37. The molecular formula is C19H29N5O2.